The van der Waals surface area contributed by atoms with Crippen LogP contribution in [0.1, 0.15) is 30.4 Å². The topological polar surface area (TPSA) is 111 Å². The Balaban J connectivity index is 2.73. The van der Waals surface area contributed by atoms with E-state index < -0.39 is 17.9 Å². The number of carbonyl (C=O) groups is 2. The fourth-order valence-corrected chi connectivity index (χ4v) is 1.16. The van der Waals surface area contributed by atoms with E-state index in [0.717, 1.165) is 0 Å². The zero-order chi connectivity index (χ0) is 12.3. The van der Waals surface area contributed by atoms with E-state index in [4.69, 9.17) is 5.73 Å². The van der Waals surface area contributed by atoms with Gasteiger partial charge in [0, 0.05) is 6.92 Å². The number of hydrogen-bond acceptors (Lipinski definition) is 5. The van der Waals surface area contributed by atoms with Gasteiger partial charge in [-0.1, -0.05) is 19.0 Å². The predicted molar refractivity (Wildman–Crippen MR) is 54.3 cm³/mol. The molecule has 0 aromatic carbocycles. The normalized spacial score (nSPS) is 12.5. The maximum absolute atomic E-state index is 11.6. The van der Waals surface area contributed by atoms with Crippen molar-refractivity contribution in [2.45, 2.75) is 26.8 Å². The standard InChI is InChI=1S/C9H14N4O3/c1-4(2)6(7(10)14)12-9(15)8-11-5(3)16-13-8/h4,6H,1-3H3,(H2,10,14)(H,12,15)/t6-/m1/s1. The highest BCUT2D eigenvalue weighted by atomic mass is 16.5. The van der Waals surface area contributed by atoms with Crippen LogP contribution >= 0.6 is 0 Å². The molecule has 2 amide bonds. The van der Waals surface area contributed by atoms with Crippen molar-refractivity contribution >= 4 is 11.8 Å². The zero-order valence-corrected chi connectivity index (χ0v) is 9.35. The highest BCUT2D eigenvalue weighted by Crippen LogP contribution is 2.02. The van der Waals surface area contributed by atoms with Crippen molar-refractivity contribution in [2.75, 3.05) is 0 Å². The quantitative estimate of drug-likeness (QED) is 0.726. The van der Waals surface area contributed by atoms with Gasteiger partial charge >= 0.3 is 0 Å². The average Bonchev–Trinajstić information content (AvgIpc) is 2.59. The van der Waals surface area contributed by atoms with E-state index in [2.05, 4.69) is 20.0 Å². The lowest BCUT2D eigenvalue weighted by atomic mass is 10.0. The van der Waals surface area contributed by atoms with Gasteiger partial charge in [-0.2, -0.15) is 4.98 Å². The van der Waals surface area contributed by atoms with Crippen LogP contribution < -0.4 is 11.1 Å². The first-order valence-electron chi connectivity index (χ1n) is 4.82. The first-order chi connectivity index (χ1) is 7.41. The molecule has 1 aromatic heterocycles. The number of hydrogen-bond donors (Lipinski definition) is 2. The second kappa shape index (κ2) is 4.73. The lowest BCUT2D eigenvalue weighted by molar-refractivity contribution is -0.120. The van der Waals surface area contributed by atoms with Gasteiger partial charge in [-0.3, -0.25) is 9.59 Å². The first-order valence-corrected chi connectivity index (χ1v) is 4.82. The molecule has 16 heavy (non-hydrogen) atoms. The molecule has 7 nitrogen and oxygen atoms in total. The van der Waals surface area contributed by atoms with Gasteiger partial charge in [0.25, 0.3) is 11.7 Å². The van der Waals surface area contributed by atoms with Gasteiger partial charge in [-0.05, 0) is 5.92 Å². The fraction of sp³-hybridized carbons (Fsp3) is 0.556. The van der Waals surface area contributed by atoms with Crippen LogP contribution in [-0.4, -0.2) is 28.0 Å². The molecule has 0 aliphatic heterocycles. The van der Waals surface area contributed by atoms with Gasteiger partial charge in [0.15, 0.2) is 0 Å². The highest BCUT2D eigenvalue weighted by molar-refractivity contribution is 5.94. The number of nitrogens with two attached hydrogens (primary N) is 1. The summed E-state index contributed by atoms with van der Waals surface area (Å²) >= 11 is 0. The molecule has 1 atom stereocenters. The van der Waals surface area contributed by atoms with E-state index in [-0.39, 0.29) is 17.6 Å². The van der Waals surface area contributed by atoms with Gasteiger partial charge in [-0.15, -0.1) is 0 Å². The van der Waals surface area contributed by atoms with Gasteiger partial charge in [0.05, 0.1) is 0 Å². The first kappa shape index (κ1) is 12.2. The molecule has 0 fully saturated rings. The van der Waals surface area contributed by atoms with E-state index in [1.165, 1.54) is 0 Å². The van der Waals surface area contributed by atoms with Crippen LogP contribution in [0.4, 0.5) is 0 Å². The minimum Gasteiger partial charge on any atom is -0.368 e. The summed E-state index contributed by atoms with van der Waals surface area (Å²) in [5.41, 5.74) is 5.15. The molecule has 1 aromatic rings. The molecule has 0 aliphatic rings. The van der Waals surface area contributed by atoms with Crippen LogP contribution in [0.5, 0.6) is 0 Å². The summed E-state index contributed by atoms with van der Waals surface area (Å²) < 4.78 is 4.65. The summed E-state index contributed by atoms with van der Waals surface area (Å²) in [7, 11) is 0. The largest absolute Gasteiger partial charge is 0.368 e. The predicted octanol–water partition coefficient (Wildman–Crippen LogP) is -0.382. The van der Waals surface area contributed by atoms with E-state index in [1.54, 1.807) is 20.8 Å². The summed E-state index contributed by atoms with van der Waals surface area (Å²) in [6.07, 6.45) is 0. The van der Waals surface area contributed by atoms with Crippen LogP contribution in [0.3, 0.4) is 0 Å². The van der Waals surface area contributed by atoms with Gasteiger partial charge in [0.1, 0.15) is 6.04 Å². The molecule has 3 N–H and O–H groups in total. The molecular formula is C9H14N4O3. The Morgan fingerprint density at radius 2 is 2.06 bits per heavy atom. The summed E-state index contributed by atoms with van der Waals surface area (Å²) in [5.74, 6) is -1.10. The smallest absolute Gasteiger partial charge is 0.293 e. The number of aryl methyl sites for hydroxylation is 1. The van der Waals surface area contributed by atoms with E-state index in [9.17, 15) is 9.59 Å². The molecule has 0 saturated carbocycles. The van der Waals surface area contributed by atoms with Crippen molar-refractivity contribution < 1.29 is 14.1 Å². The molecule has 0 radical (unpaired) electrons. The number of amides is 2. The van der Waals surface area contributed by atoms with Crippen molar-refractivity contribution in [1.82, 2.24) is 15.5 Å². The molecule has 7 heteroatoms. The Hall–Kier alpha value is -1.92. The number of primary amides is 1. The number of rotatable bonds is 4. The van der Waals surface area contributed by atoms with Crippen LogP contribution in [0, 0.1) is 12.8 Å². The molecule has 0 aliphatic carbocycles. The Morgan fingerprint density at radius 3 is 2.44 bits per heavy atom. The minimum absolute atomic E-state index is 0.102. The summed E-state index contributed by atoms with van der Waals surface area (Å²) in [4.78, 5) is 26.4. The van der Waals surface area contributed by atoms with Crippen molar-refractivity contribution in [1.29, 1.82) is 0 Å². The Kier molecular flexibility index (Phi) is 3.60. The third-order valence-electron chi connectivity index (χ3n) is 1.99. The third kappa shape index (κ3) is 2.78. The molecule has 88 valence electrons. The SMILES string of the molecule is Cc1nc(C(=O)N[C@@H](C(N)=O)C(C)C)no1. The molecule has 0 saturated heterocycles. The Morgan fingerprint density at radius 1 is 1.44 bits per heavy atom. The lowest BCUT2D eigenvalue weighted by Gasteiger charge is -2.17. The fourth-order valence-electron chi connectivity index (χ4n) is 1.16. The van der Waals surface area contributed by atoms with Crippen molar-refractivity contribution in [3.63, 3.8) is 0 Å². The Bertz CT molecular complexity index is 399. The van der Waals surface area contributed by atoms with Crippen LogP contribution in [-0.2, 0) is 4.79 Å². The van der Waals surface area contributed by atoms with Crippen LogP contribution in [0.2, 0.25) is 0 Å². The van der Waals surface area contributed by atoms with Crippen molar-refractivity contribution in [2.24, 2.45) is 11.7 Å². The number of nitrogens with one attached hydrogen (secondary N) is 1. The van der Waals surface area contributed by atoms with Crippen LogP contribution in [0.25, 0.3) is 0 Å². The second-order valence-electron chi connectivity index (χ2n) is 3.73. The molecule has 1 heterocycles. The zero-order valence-electron chi connectivity index (χ0n) is 9.35. The maximum atomic E-state index is 11.6. The lowest BCUT2D eigenvalue weighted by Crippen LogP contribution is -2.47. The average molecular weight is 226 g/mol. The number of aromatic nitrogens is 2. The van der Waals surface area contributed by atoms with Crippen LogP contribution in [0.15, 0.2) is 4.52 Å². The maximum Gasteiger partial charge on any atom is 0.293 e. The molecule has 0 bridgehead atoms. The molecule has 0 unspecified atom stereocenters. The molecular weight excluding hydrogens is 212 g/mol. The van der Waals surface area contributed by atoms with Gasteiger partial charge in [-0.25, -0.2) is 0 Å². The Labute approximate surface area is 92.4 Å². The summed E-state index contributed by atoms with van der Waals surface area (Å²) in [6.45, 7) is 5.12. The second-order valence-corrected chi connectivity index (χ2v) is 3.73. The highest BCUT2D eigenvalue weighted by Gasteiger charge is 2.24. The third-order valence-corrected chi connectivity index (χ3v) is 1.99. The minimum atomic E-state index is -0.744. The summed E-state index contributed by atoms with van der Waals surface area (Å²) in [5, 5.41) is 5.88. The van der Waals surface area contributed by atoms with E-state index >= 15 is 0 Å². The van der Waals surface area contributed by atoms with Crippen molar-refractivity contribution in [3.8, 4) is 0 Å². The molecule has 1 rings (SSSR count). The van der Waals surface area contributed by atoms with Gasteiger partial charge in [0.2, 0.25) is 11.8 Å². The van der Waals surface area contributed by atoms with Gasteiger partial charge < -0.3 is 15.6 Å². The summed E-state index contributed by atoms with van der Waals surface area (Å²) in [6, 6.07) is -0.744. The molecule has 0 spiro atoms. The monoisotopic (exact) mass is 226 g/mol. The van der Waals surface area contributed by atoms with Crippen molar-refractivity contribution in [3.05, 3.63) is 11.7 Å². The number of nitrogens with zero attached hydrogens (tertiary/aromatic N) is 2. The van der Waals surface area contributed by atoms with E-state index in [0.29, 0.717) is 0 Å². The number of carbonyl (C=O) groups excluding carboxylic acids is 2. The van der Waals surface area contributed by atoms with E-state index in [1.807, 2.05) is 0 Å².